The number of carbonyl (C=O) groups is 1. The molecule has 1 rings (SSSR count). The van der Waals surface area contributed by atoms with Crippen LogP contribution in [0.5, 0.6) is 0 Å². The van der Waals surface area contributed by atoms with Crippen molar-refractivity contribution in [2.24, 2.45) is 5.73 Å². The van der Waals surface area contributed by atoms with E-state index in [1.165, 1.54) is 0 Å². The van der Waals surface area contributed by atoms with E-state index < -0.39 is 11.4 Å². The summed E-state index contributed by atoms with van der Waals surface area (Å²) in [6.45, 7) is 1.97. The van der Waals surface area contributed by atoms with Crippen LogP contribution in [0.3, 0.4) is 0 Å². The van der Waals surface area contributed by atoms with E-state index in [9.17, 15) is 9.90 Å². The second-order valence-electron chi connectivity index (χ2n) is 3.31. The number of hydrogen-bond donors (Lipinski definition) is 2. The Morgan fingerprint density at radius 1 is 1.40 bits per heavy atom. The van der Waals surface area contributed by atoms with Gasteiger partial charge < -0.3 is 10.8 Å². The number of halogens is 1. The molecule has 0 heterocycles. The lowest BCUT2D eigenvalue weighted by Gasteiger charge is -2.26. The van der Waals surface area contributed by atoms with Crippen molar-refractivity contribution in [1.82, 2.24) is 0 Å². The fourth-order valence-electron chi connectivity index (χ4n) is 1.59. The first-order chi connectivity index (χ1) is 6.67. The summed E-state index contributed by atoms with van der Waals surface area (Å²) in [5.74, 6) is -0.853. The number of aliphatic carboxylic acids is 1. The Morgan fingerprint density at radius 3 is 2.27 bits per heavy atom. The highest BCUT2D eigenvalue weighted by Crippen LogP contribution is 2.26. The van der Waals surface area contributed by atoms with E-state index in [0.29, 0.717) is 6.42 Å². The van der Waals surface area contributed by atoms with Gasteiger partial charge in [-0.05, 0) is 12.0 Å². The molecule has 3 N–H and O–H groups in total. The van der Waals surface area contributed by atoms with Gasteiger partial charge in [0.2, 0.25) is 0 Å². The molecule has 0 aliphatic rings. The predicted molar refractivity (Wildman–Crippen MR) is 62.3 cm³/mol. The minimum Gasteiger partial charge on any atom is -0.481 e. The number of carboxylic acids is 1. The zero-order valence-corrected chi connectivity index (χ0v) is 9.46. The van der Waals surface area contributed by atoms with Crippen LogP contribution in [0.15, 0.2) is 30.3 Å². The molecule has 1 atom stereocenters. The number of carboxylic acid groups (broad SMARTS) is 1. The van der Waals surface area contributed by atoms with Crippen molar-refractivity contribution in [3.63, 3.8) is 0 Å². The van der Waals surface area contributed by atoms with Gasteiger partial charge in [0, 0.05) is 6.54 Å². The molecule has 0 aliphatic heterocycles. The normalized spacial score (nSPS) is 13.7. The minimum atomic E-state index is -0.929. The summed E-state index contributed by atoms with van der Waals surface area (Å²) in [5, 5.41) is 9.20. The zero-order valence-electron chi connectivity index (χ0n) is 8.64. The lowest BCUT2D eigenvalue weighted by Crippen LogP contribution is -2.42. The van der Waals surface area contributed by atoms with Crippen molar-refractivity contribution >= 4 is 18.4 Å². The van der Waals surface area contributed by atoms with Gasteiger partial charge in [-0.1, -0.05) is 37.3 Å². The highest BCUT2D eigenvalue weighted by molar-refractivity contribution is 5.85. The van der Waals surface area contributed by atoms with E-state index in [-0.39, 0.29) is 19.0 Å². The number of rotatable bonds is 4. The van der Waals surface area contributed by atoms with Crippen molar-refractivity contribution in [3.05, 3.63) is 35.9 Å². The van der Waals surface area contributed by atoms with E-state index in [1.54, 1.807) is 0 Å². The van der Waals surface area contributed by atoms with Crippen LogP contribution in [0.1, 0.15) is 18.9 Å². The maximum Gasteiger partial charge on any atom is 0.315 e. The molecule has 0 aromatic heterocycles. The largest absolute Gasteiger partial charge is 0.481 e. The van der Waals surface area contributed by atoms with Gasteiger partial charge in [0.25, 0.3) is 0 Å². The molecular formula is C11H16ClNO2. The van der Waals surface area contributed by atoms with E-state index >= 15 is 0 Å². The molecular weight excluding hydrogens is 214 g/mol. The summed E-state index contributed by atoms with van der Waals surface area (Å²) in [5.41, 5.74) is 5.42. The van der Waals surface area contributed by atoms with Gasteiger partial charge in [0.15, 0.2) is 0 Å². The molecule has 84 valence electrons. The highest BCUT2D eigenvalue weighted by Gasteiger charge is 2.36. The minimum absolute atomic E-state index is 0. The molecule has 0 radical (unpaired) electrons. The molecule has 15 heavy (non-hydrogen) atoms. The monoisotopic (exact) mass is 229 g/mol. The second kappa shape index (κ2) is 5.73. The Balaban J connectivity index is 0.00000196. The Labute approximate surface area is 95.7 Å². The van der Waals surface area contributed by atoms with Crippen LogP contribution in [0, 0.1) is 0 Å². The van der Waals surface area contributed by atoms with Gasteiger partial charge in [-0.2, -0.15) is 0 Å². The van der Waals surface area contributed by atoms with Crippen LogP contribution < -0.4 is 5.73 Å². The summed E-state index contributed by atoms with van der Waals surface area (Å²) in [7, 11) is 0. The fraction of sp³-hybridized carbons (Fsp3) is 0.364. The fourth-order valence-corrected chi connectivity index (χ4v) is 1.59. The molecule has 0 fully saturated rings. The average molecular weight is 230 g/mol. The molecule has 4 heteroatoms. The second-order valence-corrected chi connectivity index (χ2v) is 3.31. The Hall–Kier alpha value is -1.06. The van der Waals surface area contributed by atoms with Crippen molar-refractivity contribution in [2.45, 2.75) is 18.8 Å². The SMILES string of the molecule is CCC(CN)(C(=O)O)c1ccccc1.Cl. The van der Waals surface area contributed by atoms with Crippen molar-refractivity contribution in [1.29, 1.82) is 0 Å². The first-order valence-corrected chi connectivity index (χ1v) is 4.66. The Morgan fingerprint density at radius 2 is 1.93 bits per heavy atom. The Bertz CT molecular complexity index is 310. The summed E-state index contributed by atoms with van der Waals surface area (Å²) >= 11 is 0. The third-order valence-corrected chi connectivity index (χ3v) is 2.69. The van der Waals surface area contributed by atoms with E-state index in [2.05, 4.69) is 0 Å². The lowest BCUT2D eigenvalue weighted by molar-refractivity contribution is -0.143. The molecule has 1 aromatic rings. The maximum absolute atomic E-state index is 11.2. The van der Waals surface area contributed by atoms with Crippen LogP contribution in [-0.2, 0) is 10.2 Å². The highest BCUT2D eigenvalue weighted by atomic mass is 35.5. The average Bonchev–Trinajstić information content (AvgIpc) is 2.22. The molecule has 0 saturated carbocycles. The topological polar surface area (TPSA) is 63.3 Å². The van der Waals surface area contributed by atoms with Gasteiger partial charge in [-0.3, -0.25) is 4.79 Å². The molecule has 1 unspecified atom stereocenters. The molecule has 0 aliphatic carbocycles. The van der Waals surface area contributed by atoms with Gasteiger partial charge in [-0.15, -0.1) is 12.4 Å². The maximum atomic E-state index is 11.2. The van der Waals surface area contributed by atoms with Crippen LogP contribution >= 0.6 is 12.4 Å². The van der Waals surface area contributed by atoms with Crippen LogP contribution in [0.2, 0.25) is 0 Å². The van der Waals surface area contributed by atoms with Crippen LogP contribution in [-0.4, -0.2) is 17.6 Å². The predicted octanol–water partition coefficient (Wildman–Crippen LogP) is 1.80. The first-order valence-electron chi connectivity index (χ1n) is 4.66. The molecule has 1 aromatic carbocycles. The molecule has 0 saturated heterocycles. The quantitative estimate of drug-likeness (QED) is 0.828. The third-order valence-electron chi connectivity index (χ3n) is 2.69. The lowest BCUT2D eigenvalue weighted by atomic mass is 9.78. The van der Waals surface area contributed by atoms with E-state index in [4.69, 9.17) is 5.73 Å². The third kappa shape index (κ3) is 2.49. The first kappa shape index (κ1) is 13.9. The summed E-state index contributed by atoms with van der Waals surface area (Å²) in [6.07, 6.45) is 0.503. The van der Waals surface area contributed by atoms with Crippen LogP contribution in [0.4, 0.5) is 0 Å². The summed E-state index contributed by atoms with van der Waals surface area (Å²) in [6, 6.07) is 9.15. The molecule has 0 spiro atoms. The van der Waals surface area contributed by atoms with Gasteiger partial charge in [-0.25, -0.2) is 0 Å². The van der Waals surface area contributed by atoms with Gasteiger partial charge >= 0.3 is 5.97 Å². The van der Waals surface area contributed by atoms with E-state index in [1.807, 2.05) is 37.3 Å². The Kier molecular flexibility index (Phi) is 5.33. The van der Waals surface area contributed by atoms with Crippen LogP contribution in [0.25, 0.3) is 0 Å². The van der Waals surface area contributed by atoms with Gasteiger partial charge in [0.1, 0.15) is 5.41 Å². The molecule has 3 nitrogen and oxygen atoms in total. The molecule has 0 bridgehead atoms. The number of benzene rings is 1. The van der Waals surface area contributed by atoms with Crippen molar-refractivity contribution in [2.75, 3.05) is 6.54 Å². The summed E-state index contributed by atoms with van der Waals surface area (Å²) < 4.78 is 0. The van der Waals surface area contributed by atoms with Crippen molar-refractivity contribution in [3.8, 4) is 0 Å². The number of nitrogens with two attached hydrogens (primary N) is 1. The smallest absolute Gasteiger partial charge is 0.315 e. The molecule has 0 amide bonds. The number of hydrogen-bond acceptors (Lipinski definition) is 2. The zero-order chi connectivity index (χ0) is 10.6. The standard InChI is InChI=1S/C11H15NO2.ClH/c1-2-11(8-12,10(13)14)9-6-4-3-5-7-9;/h3-7H,2,8,12H2,1H3,(H,13,14);1H. The van der Waals surface area contributed by atoms with E-state index in [0.717, 1.165) is 5.56 Å². The van der Waals surface area contributed by atoms with Gasteiger partial charge in [0.05, 0.1) is 0 Å². The van der Waals surface area contributed by atoms with Crippen molar-refractivity contribution < 1.29 is 9.90 Å². The summed E-state index contributed by atoms with van der Waals surface area (Å²) in [4.78, 5) is 11.2.